The number of aromatic amines is 1. The van der Waals surface area contributed by atoms with Gasteiger partial charge in [-0.2, -0.15) is 13.5 Å². The van der Waals surface area contributed by atoms with E-state index in [2.05, 4.69) is 26.8 Å². The van der Waals surface area contributed by atoms with Crippen molar-refractivity contribution in [3.05, 3.63) is 41.6 Å². The molecular formula is C13H13N3O3S. The first kappa shape index (κ1) is 14.1. The molecule has 0 amide bonds. The summed E-state index contributed by atoms with van der Waals surface area (Å²) >= 11 is 0. The highest BCUT2D eigenvalue weighted by molar-refractivity contribution is 7.92. The van der Waals surface area contributed by atoms with Gasteiger partial charge >= 0.3 is 0 Å². The van der Waals surface area contributed by atoms with Crippen molar-refractivity contribution in [2.45, 2.75) is 11.9 Å². The number of hydrogen-bond acceptors (Lipinski definition) is 4. The lowest BCUT2D eigenvalue weighted by Crippen LogP contribution is -2.14. The molecule has 6 nitrogen and oxygen atoms in total. The van der Waals surface area contributed by atoms with Crippen molar-refractivity contribution in [2.75, 3.05) is 11.3 Å². The topological polar surface area (TPSA) is 95.1 Å². The van der Waals surface area contributed by atoms with Crippen LogP contribution in [0, 0.1) is 18.8 Å². The van der Waals surface area contributed by atoms with E-state index in [1.54, 1.807) is 25.1 Å². The Kier molecular flexibility index (Phi) is 4.08. The lowest BCUT2D eigenvalue weighted by Gasteiger charge is -2.09. The van der Waals surface area contributed by atoms with Crippen molar-refractivity contribution in [1.82, 2.24) is 10.2 Å². The average molecular weight is 291 g/mol. The predicted molar refractivity (Wildman–Crippen MR) is 74.5 cm³/mol. The molecule has 1 aromatic heterocycles. The minimum atomic E-state index is -3.70. The molecule has 2 aromatic rings. The Morgan fingerprint density at radius 3 is 2.85 bits per heavy atom. The summed E-state index contributed by atoms with van der Waals surface area (Å²) in [6.07, 6.45) is 1.37. The van der Waals surface area contributed by atoms with Crippen LogP contribution in [0.3, 0.4) is 0 Å². The Morgan fingerprint density at radius 1 is 1.40 bits per heavy atom. The fourth-order valence-electron chi connectivity index (χ4n) is 1.54. The maximum atomic E-state index is 12.1. The van der Waals surface area contributed by atoms with Crippen LogP contribution < -0.4 is 4.72 Å². The second-order valence-electron chi connectivity index (χ2n) is 4.02. The second-order valence-corrected chi connectivity index (χ2v) is 5.67. The fourth-order valence-corrected chi connectivity index (χ4v) is 2.58. The summed E-state index contributed by atoms with van der Waals surface area (Å²) in [5.74, 6) is 5.24. The van der Waals surface area contributed by atoms with Crippen LogP contribution in [0.1, 0.15) is 11.1 Å². The predicted octanol–water partition coefficient (Wildman–Crippen LogP) is 0.863. The van der Waals surface area contributed by atoms with Gasteiger partial charge in [-0.15, -0.1) is 0 Å². The monoisotopic (exact) mass is 291 g/mol. The van der Waals surface area contributed by atoms with Crippen molar-refractivity contribution in [3.63, 3.8) is 0 Å². The van der Waals surface area contributed by atoms with E-state index in [0.717, 1.165) is 5.56 Å². The summed E-state index contributed by atoms with van der Waals surface area (Å²) < 4.78 is 26.6. The minimum Gasteiger partial charge on any atom is -0.384 e. The Bertz CT molecular complexity index is 756. The lowest BCUT2D eigenvalue weighted by atomic mass is 10.1. The standard InChI is InChI=1S/C13H13N3O3S/c1-10-4-5-11(3-2-8-17)9-12(10)16-20(18,19)13-6-7-14-15-13/h4-7,9,16-17H,8H2,1H3,(H,14,15). The molecule has 1 heterocycles. The number of rotatable bonds is 3. The molecule has 0 saturated carbocycles. The lowest BCUT2D eigenvalue weighted by molar-refractivity contribution is 0.350. The second kappa shape index (κ2) is 5.77. The molecule has 3 N–H and O–H groups in total. The SMILES string of the molecule is Cc1ccc(C#CCO)cc1NS(=O)(=O)c1ccn[nH]1. The number of hydrogen-bond donors (Lipinski definition) is 3. The number of benzene rings is 1. The highest BCUT2D eigenvalue weighted by atomic mass is 32.2. The summed E-state index contributed by atoms with van der Waals surface area (Å²) in [7, 11) is -3.70. The quantitative estimate of drug-likeness (QED) is 0.731. The molecule has 104 valence electrons. The molecule has 0 saturated heterocycles. The highest BCUT2D eigenvalue weighted by Crippen LogP contribution is 2.20. The average Bonchev–Trinajstić information content (AvgIpc) is 2.94. The van der Waals surface area contributed by atoms with Crippen molar-refractivity contribution < 1.29 is 13.5 Å². The van der Waals surface area contributed by atoms with Crippen molar-refractivity contribution in [2.24, 2.45) is 0 Å². The van der Waals surface area contributed by atoms with Gasteiger partial charge in [-0.25, -0.2) is 0 Å². The number of nitrogens with one attached hydrogen (secondary N) is 2. The van der Waals surface area contributed by atoms with Crippen molar-refractivity contribution in [3.8, 4) is 11.8 Å². The van der Waals surface area contributed by atoms with Crippen LogP contribution in [0.25, 0.3) is 0 Å². The third-order valence-corrected chi connectivity index (χ3v) is 3.85. The van der Waals surface area contributed by atoms with Gasteiger partial charge in [-0.05, 0) is 30.7 Å². The van der Waals surface area contributed by atoms with E-state index in [-0.39, 0.29) is 11.6 Å². The van der Waals surface area contributed by atoms with E-state index >= 15 is 0 Å². The number of aryl methyl sites for hydroxylation is 1. The number of aliphatic hydroxyl groups excluding tert-OH is 1. The number of anilines is 1. The molecule has 0 radical (unpaired) electrons. The van der Waals surface area contributed by atoms with Gasteiger partial charge < -0.3 is 5.11 Å². The maximum Gasteiger partial charge on any atom is 0.278 e. The Morgan fingerprint density at radius 2 is 2.20 bits per heavy atom. The van der Waals surface area contributed by atoms with E-state index in [9.17, 15) is 8.42 Å². The van der Waals surface area contributed by atoms with Gasteiger partial charge in [0.1, 0.15) is 6.61 Å². The smallest absolute Gasteiger partial charge is 0.278 e. The van der Waals surface area contributed by atoms with Gasteiger partial charge in [-0.1, -0.05) is 17.9 Å². The van der Waals surface area contributed by atoms with Gasteiger partial charge in [0.2, 0.25) is 0 Å². The van der Waals surface area contributed by atoms with Crippen LogP contribution in [0.15, 0.2) is 35.5 Å². The van der Waals surface area contributed by atoms with E-state index in [0.29, 0.717) is 11.3 Å². The number of aromatic nitrogens is 2. The summed E-state index contributed by atoms with van der Waals surface area (Å²) in [4.78, 5) is 0. The molecule has 0 fully saturated rings. The molecule has 0 aliphatic carbocycles. The van der Waals surface area contributed by atoms with E-state index in [1.807, 2.05) is 0 Å². The van der Waals surface area contributed by atoms with E-state index in [1.165, 1.54) is 12.3 Å². The summed E-state index contributed by atoms with van der Waals surface area (Å²) in [5, 5.41) is 14.7. The molecular weight excluding hydrogens is 278 g/mol. The number of H-pyrrole nitrogens is 1. The third-order valence-electron chi connectivity index (χ3n) is 2.56. The first-order valence-electron chi connectivity index (χ1n) is 5.75. The van der Waals surface area contributed by atoms with Crippen LogP contribution in [0.5, 0.6) is 0 Å². The molecule has 0 bridgehead atoms. The molecule has 0 atom stereocenters. The Labute approximate surface area is 116 Å². The Hall–Kier alpha value is -2.30. The zero-order valence-electron chi connectivity index (χ0n) is 10.7. The van der Waals surface area contributed by atoms with E-state index in [4.69, 9.17) is 5.11 Å². The minimum absolute atomic E-state index is 0.0104. The van der Waals surface area contributed by atoms with Gasteiger partial charge in [0, 0.05) is 5.56 Å². The Balaban J connectivity index is 2.34. The molecule has 1 aromatic carbocycles. The van der Waals surface area contributed by atoms with Crippen molar-refractivity contribution in [1.29, 1.82) is 0 Å². The van der Waals surface area contributed by atoms with E-state index < -0.39 is 10.0 Å². The number of nitrogens with zero attached hydrogens (tertiary/aromatic N) is 1. The van der Waals surface area contributed by atoms with Crippen LogP contribution in [-0.2, 0) is 10.0 Å². The van der Waals surface area contributed by atoms with Gasteiger partial charge in [0.25, 0.3) is 10.0 Å². The number of aliphatic hydroxyl groups is 1. The maximum absolute atomic E-state index is 12.1. The van der Waals surface area contributed by atoms with Crippen molar-refractivity contribution >= 4 is 15.7 Å². The van der Waals surface area contributed by atoms with Gasteiger partial charge in [-0.3, -0.25) is 9.82 Å². The molecule has 0 spiro atoms. The summed E-state index contributed by atoms with van der Waals surface area (Å²) in [6.45, 7) is 1.54. The molecule has 0 aliphatic heterocycles. The first-order chi connectivity index (χ1) is 9.53. The van der Waals surface area contributed by atoms with Gasteiger partial charge in [0.15, 0.2) is 5.03 Å². The molecule has 0 unspecified atom stereocenters. The zero-order chi connectivity index (χ0) is 14.6. The molecule has 2 rings (SSSR count). The molecule has 7 heteroatoms. The highest BCUT2D eigenvalue weighted by Gasteiger charge is 2.16. The summed E-state index contributed by atoms with van der Waals surface area (Å²) in [5.41, 5.74) is 1.82. The number of sulfonamides is 1. The zero-order valence-corrected chi connectivity index (χ0v) is 11.5. The summed E-state index contributed by atoms with van der Waals surface area (Å²) in [6, 6.07) is 6.50. The first-order valence-corrected chi connectivity index (χ1v) is 7.24. The van der Waals surface area contributed by atoms with Gasteiger partial charge in [0.05, 0.1) is 11.9 Å². The normalized spacial score (nSPS) is 10.7. The largest absolute Gasteiger partial charge is 0.384 e. The fraction of sp³-hybridized carbons (Fsp3) is 0.154. The molecule has 20 heavy (non-hydrogen) atoms. The van der Waals surface area contributed by atoms with Crippen LogP contribution in [-0.4, -0.2) is 30.3 Å². The van der Waals surface area contributed by atoms with Crippen LogP contribution in [0.4, 0.5) is 5.69 Å². The van der Waals surface area contributed by atoms with Crippen LogP contribution >= 0.6 is 0 Å². The third kappa shape index (κ3) is 3.17. The molecule has 0 aliphatic rings. The van der Waals surface area contributed by atoms with Crippen LogP contribution in [0.2, 0.25) is 0 Å².